The molecule has 0 amide bonds. The van der Waals surface area contributed by atoms with Gasteiger partial charge in [0.1, 0.15) is 10.6 Å². The predicted molar refractivity (Wildman–Crippen MR) is 91.9 cm³/mol. The smallest absolute Gasteiger partial charge is 0.387 e. The molecule has 0 aromatic heterocycles. The fourth-order valence-corrected chi connectivity index (χ4v) is 6.81. The van der Waals surface area contributed by atoms with Crippen LogP contribution in [0.4, 0.5) is 8.78 Å². The van der Waals surface area contributed by atoms with Crippen molar-refractivity contribution in [2.75, 3.05) is 37.7 Å². The summed E-state index contributed by atoms with van der Waals surface area (Å²) in [5.41, 5.74) is 0. The Morgan fingerprint density at radius 2 is 1.74 bits per heavy atom. The number of rotatable bonds is 5. The van der Waals surface area contributed by atoms with Gasteiger partial charge in [-0.05, 0) is 12.1 Å². The van der Waals surface area contributed by atoms with Gasteiger partial charge in [0.15, 0.2) is 9.84 Å². The lowest BCUT2D eigenvalue weighted by Gasteiger charge is -2.38. The summed E-state index contributed by atoms with van der Waals surface area (Å²) in [4.78, 5) is 1.41. The molecule has 2 aliphatic heterocycles. The summed E-state index contributed by atoms with van der Waals surface area (Å²) < 4.78 is 79.5. The zero-order valence-corrected chi connectivity index (χ0v) is 15.9. The summed E-state index contributed by atoms with van der Waals surface area (Å²) in [7, 11) is -7.36. The standard InChI is InChI=1S/C15H20F2N2O6S2/c16-15(17)25-13-3-1-2-4-14(13)27(23,24)19-7-5-18(6-8-19)11-9-26(21,22)10-12(11)20/h1-4,11-12,15,20H,5-10H2/t11-,12+/m1/s1. The van der Waals surface area contributed by atoms with Gasteiger partial charge in [-0.3, -0.25) is 4.90 Å². The highest BCUT2D eigenvalue weighted by Crippen LogP contribution is 2.29. The van der Waals surface area contributed by atoms with Crippen molar-refractivity contribution < 1.29 is 35.5 Å². The molecule has 1 N–H and O–H groups in total. The first-order valence-corrected chi connectivity index (χ1v) is 11.5. The molecule has 0 bridgehead atoms. The van der Waals surface area contributed by atoms with Crippen molar-refractivity contribution in [3.63, 3.8) is 0 Å². The topological polar surface area (TPSA) is 104 Å². The van der Waals surface area contributed by atoms with E-state index in [1.165, 1.54) is 18.2 Å². The summed E-state index contributed by atoms with van der Waals surface area (Å²) in [6.07, 6.45) is -1.00. The van der Waals surface area contributed by atoms with Crippen LogP contribution in [0, 0.1) is 0 Å². The van der Waals surface area contributed by atoms with E-state index < -0.39 is 44.4 Å². The molecule has 152 valence electrons. The van der Waals surface area contributed by atoms with E-state index in [1.807, 2.05) is 0 Å². The summed E-state index contributed by atoms with van der Waals surface area (Å²) in [6, 6.07) is 4.62. The van der Waals surface area contributed by atoms with Crippen molar-refractivity contribution in [3.8, 4) is 5.75 Å². The maximum absolute atomic E-state index is 12.8. The van der Waals surface area contributed by atoms with E-state index in [-0.39, 0.29) is 42.6 Å². The minimum Gasteiger partial charge on any atom is -0.433 e. The summed E-state index contributed by atoms with van der Waals surface area (Å²) in [5, 5.41) is 9.96. The van der Waals surface area contributed by atoms with Crippen LogP contribution < -0.4 is 4.74 Å². The van der Waals surface area contributed by atoms with E-state index in [1.54, 1.807) is 4.90 Å². The monoisotopic (exact) mass is 426 g/mol. The lowest BCUT2D eigenvalue weighted by atomic mass is 10.1. The molecule has 2 saturated heterocycles. The van der Waals surface area contributed by atoms with Crippen LogP contribution >= 0.6 is 0 Å². The number of para-hydroxylation sites is 1. The molecule has 8 nitrogen and oxygen atoms in total. The number of aliphatic hydroxyl groups excluding tert-OH is 1. The Morgan fingerprint density at radius 1 is 1.11 bits per heavy atom. The van der Waals surface area contributed by atoms with E-state index in [2.05, 4.69) is 4.74 Å². The quantitative estimate of drug-likeness (QED) is 0.693. The van der Waals surface area contributed by atoms with Crippen LogP contribution in [0.5, 0.6) is 5.75 Å². The molecule has 0 unspecified atom stereocenters. The first kappa shape index (κ1) is 20.4. The van der Waals surface area contributed by atoms with Crippen LogP contribution in [-0.4, -0.2) is 87.6 Å². The Balaban J connectivity index is 1.72. The van der Waals surface area contributed by atoms with E-state index >= 15 is 0 Å². The Kier molecular flexibility index (Phi) is 5.73. The zero-order valence-electron chi connectivity index (χ0n) is 14.2. The third kappa shape index (κ3) is 4.40. The highest BCUT2D eigenvalue weighted by Gasteiger charge is 2.42. The number of piperazine rings is 1. The van der Waals surface area contributed by atoms with Crippen molar-refractivity contribution in [1.29, 1.82) is 0 Å². The number of nitrogens with zero attached hydrogens (tertiary/aromatic N) is 2. The number of sulfone groups is 1. The van der Waals surface area contributed by atoms with Crippen molar-refractivity contribution in [2.24, 2.45) is 0 Å². The van der Waals surface area contributed by atoms with Gasteiger partial charge in [0.2, 0.25) is 10.0 Å². The van der Waals surface area contributed by atoms with Gasteiger partial charge in [0.05, 0.1) is 23.7 Å². The average molecular weight is 426 g/mol. The number of halogens is 2. The fourth-order valence-electron chi connectivity index (χ4n) is 3.43. The molecular weight excluding hydrogens is 406 g/mol. The normalized spacial score (nSPS) is 27.1. The highest BCUT2D eigenvalue weighted by molar-refractivity contribution is 7.91. The maximum Gasteiger partial charge on any atom is 0.387 e. The fraction of sp³-hybridized carbons (Fsp3) is 0.600. The second-order valence-electron chi connectivity index (χ2n) is 6.48. The molecule has 12 heteroatoms. The first-order valence-electron chi connectivity index (χ1n) is 8.27. The molecule has 0 saturated carbocycles. The molecule has 27 heavy (non-hydrogen) atoms. The lowest BCUT2D eigenvalue weighted by Crippen LogP contribution is -2.54. The number of hydrogen-bond donors (Lipinski definition) is 1. The summed E-state index contributed by atoms with van der Waals surface area (Å²) in [6.45, 7) is -2.59. The second-order valence-corrected chi connectivity index (χ2v) is 10.5. The van der Waals surface area contributed by atoms with Gasteiger partial charge in [-0.1, -0.05) is 12.1 Å². The number of hydrogen-bond acceptors (Lipinski definition) is 7. The third-order valence-corrected chi connectivity index (χ3v) is 8.36. The van der Waals surface area contributed by atoms with Crippen LogP contribution in [0.2, 0.25) is 0 Å². The minimum atomic E-state index is -4.05. The number of alkyl halides is 2. The van der Waals surface area contributed by atoms with Crippen LogP contribution in [0.3, 0.4) is 0 Å². The van der Waals surface area contributed by atoms with Crippen LogP contribution in [0.15, 0.2) is 29.2 Å². The van der Waals surface area contributed by atoms with E-state index in [0.717, 1.165) is 10.4 Å². The molecule has 3 rings (SSSR count). The summed E-state index contributed by atoms with van der Waals surface area (Å²) in [5.74, 6) is -0.882. The van der Waals surface area contributed by atoms with Gasteiger partial charge in [-0.25, -0.2) is 16.8 Å². The molecule has 2 heterocycles. The molecule has 0 spiro atoms. The van der Waals surface area contributed by atoms with Gasteiger partial charge in [0.25, 0.3) is 0 Å². The molecular formula is C15H20F2N2O6S2. The van der Waals surface area contributed by atoms with Gasteiger partial charge in [-0.2, -0.15) is 13.1 Å². The van der Waals surface area contributed by atoms with Crippen LogP contribution in [0.1, 0.15) is 0 Å². The SMILES string of the molecule is O=S1(=O)C[C@@H](N2CCN(S(=O)(=O)c3ccccc3OC(F)F)CC2)[C@@H](O)C1. The minimum absolute atomic E-state index is 0.0502. The number of aliphatic hydroxyl groups is 1. The van der Waals surface area contributed by atoms with Gasteiger partial charge >= 0.3 is 6.61 Å². The molecule has 1 aromatic carbocycles. The Morgan fingerprint density at radius 3 is 2.30 bits per heavy atom. The first-order chi connectivity index (χ1) is 12.6. The number of ether oxygens (including phenoxy) is 1. The van der Waals surface area contributed by atoms with Crippen LogP contribution in [0.25, 0.3) is 0 Å². The zero-order chi connectivity index (χ0) is 19.8. The van der Waals surface area contributed by atoms with Crippen molar-refractivity contribution in [1.82, 2.24) is 9.21 Å². The van der Waals surface area contributed by atoms with Crippen molar-refractivity contribution in [3.05, 3.63) is 24.3 Å². The average Bonchev–Trinajstić information content (AvgIpc) is 2.87. The van der Waals surface area contributed by atoms with E-state index in [4.69, 9.17) is 0 Å². The molecule has 2 aliphatic rings. The second kappa shape index (κ2) is 7.59. The predicted octanol–water partition coefficient (Wildman–Crippen LogP) is -0.248. The van der Waals surface area contributed by atoms with Gasteiger partial charge in [0, 0.05) is 26.2 Å². The highest BCUT2D eigenvalue weighted by atomic mass is 32.2. The summed E-state index contributed by atoms with van der Waals surface area (Å²) >= 11 is 0. The van der Waals surface area contributed by atoms with Gasteiger partial charge in [-0.15, -0.1) is 0 Å². The third-order valence-electron chi connectivity index (χ3n) is 4.72. The van der Waals surface area contributed by atoms with Crippen molar-refractivity contribution in [2.45, 2.75) is 23.7 Å². The Hall–Kier alpha value is -1.34. The Bertz CT molecular complexity index is 885. The van der Waals surface area contributed by atoms with Gasteiger partial charge < -0.3 is 9.84 Å². The number of benzene rings is 1. The molecule has 1 aromatic rings. The molecule has 0 aliphatic carbocycles. The van der Waals surface area contributed by atoms with Crippen molar-refractivity contribution >= 4 is 19.9 Å². The van der Waals surface area contributed by atoms with E-state index in [9.17, 15) is 30.7 Å². The molecule has 2 atom stereocenters. The molecule has 0 radical (unpaired) electrons. The Labute approximate surface area is 156 Å². The van der Waals surface area contributed by atoms with E-state index in [0.29, 0.717) is 0 Å². The number of sulfonamides is 1. The maximum atomic E-state index is 12.8. The molecule has 2 fully saturated rings. The largest absolute Gasteiger partial charge is 0.433 e. The lowest BCUT2D eigenvalue weighted by molar-refractivity contribution is -0.0518. The van der Waals surface area contributed by atoms with Crippen LogP contribution in [-0.2, 0) is 19.9 Å².